The Labute approximate surface area is 124 Å². The van der Waals surface area contributed by atoms with Crippen LogP contribution in [0.5, 0.6) is 0 Å². The first kappa shape index (κ1) is 13.4. The molecule has 2 aromatic carbocycles. The van der Waals surface area contributed by atoms with Crippen molar-refractivity contribution in [3.05, 3.63) is 65.2 Å². The minimum absolute atomic E-state index is 0.0194. The highest BCUT2D eigenvalue weighted by Crippen LogP contribution is 2.49. The quantitative estimate of drug-likeness (QED) is 0.932. The van der Waals surface area contributed by atoms with Crippen molar-refractivity contribution in [1.82, 2.24) is 0 Å². The Morgan fingerprint density at radius 3 is 2.43 bits per heavy atom. The maximum atomic E-state index is 12.6. The molecular formula is C18H16N2O. The van der Waals surface area contributed by atoms with Gasteiger partial charge in [0.1, 0.15) is 6.07 Å². The lowest BCUT2D eigenvalue weighted by atomic mass is 9.94. The lowest BCUT2D eigenvalue weighted by molar-refractivity contribution is -0.118. The topological polar surface area (TPSA) is 52.9 Å². The summed E-state index contributed by atoms with van der Waals surface area (Å²) >= 11 is 0. The average Bonchev–Trinajstić information content (AvgIpc) is 3.30. The van der Waals surface area contributed by atoms with Crippen LogP contribution in [0.15, 0.2) is 48.5 Å². The number of benzene rings is 2. The van der Waals surface area contributed by atoms with Crippen molar-refractivity contribution in [2.24, 2.45) is 0 Å². The third kappa shape index (κ3) is 2.41. The Morgan fingerprint density at radius 2 is 1.81 bits per heavy atom. The molecule has 0 radical (unpaired) electrons. The Morgan fingerprint density at radius 1 is 1.14 bits per heavy atom. The van der Waals surface area contributed by atoms with E-state index in [2.05, 4.69) is 11.4 Å². The fourth-order valence-corrected chi connectivity index (χ4v) is 2.58. The molecule has 1 aliphatic carbocycles. The summed E-state index contributed by atoms with van der Waals surface area (Å²) in [6.07, 6.45) is 1.72. The van der Waals surface area contributed by atoms with Gasteiger partial charge in [-0.2, -0.15) is 5.26 Å². The number of nitriles is 1. The molecule has 1 amide bonds. The smallest absolute Gasteiger partial charge is 0.235 e. The number of para-hydroxylation sites is 1. The third-order valence-electron chi connectivity index (χ3n) is 4.08. The molecule has 0 unspecified atom stereocenters. The molecule has 0 aliphatic heterocycles. The fraction of sp³-hybridized carbons (Fsp3) is 0.222. The van der Waals surface area contributed by atoms with Gasteiger partial charge < -0.3 is 5.32 Å². The molecule has 3 nitrogen and oxygen atoms in total. The number of anilines is 1. The van der Waals surface area contributed by atoms with Gasteiger partial charge in [0, 0.05) is 0 Å². The molecule has 2 aromatic rings. The summed E-state index contributed by atoms with van der Waals surface area (Å²) in [5.41, 5.74) is 2.90. The summed E-state index contributed by atoms with van der Waals surface area (Å²) in [5.74, 6) is -0.0194. The number of amides is 1. The molecule has 0 aromatic heterocycles. The van der Waals surface area contributed by atoms with E-state index in [1.165, 1.54) is 5.56 Å². The molecule has 3 heteroatoms. The first-order valence-corrected chi connectivity index (χ1v) is 7.03. The normalized spacial score (nSPS) is 15.0. The highest BCUT2D eigenvalue weighted by Gasteiger charge is 2.51. The van der Waals surface area contributed by atoms with E-state index in [4.69, 9.17) is 5.26 Å². The van der Waals surface area contributed by atoms with Crippen LogP contribution in [0.1, 0.15) is 29.5 Å². The molecule has 1 saturated carbocycles. The first-order chi connectivity index (χ1) is 10.2. The summed E-state index contributed by atoms with van der Waals surface area (Å²) in [5, 5.41) is 12.0. The van der Waals surface area contributed by atoms with Gasteiger partial charge in [0.05, 0.1) is 16.7 Å². The summed E-state index contributed by atoms with van der Waals surface area (Å²) in [4.78, 5) is 12.6. The molecule has 1 fully saturated rings. The van der Waals surface area contributed by atoms with Crippen LogP contribution in [0.4, 0.5) is 5.69 Å². The second kappa shape index (κ2) is 5.06. The van der Waals surface area contributed by atoms with Gasteiger partial charge in [-0.25, -0.2) is 0 Å². The minimum Gasteiger partial charge on any atom is -0.324 e. The molecule has 21 heavy (non-hydrogen) atoms. The van der Waals surface area contributed by atoms with Crippen LogP contribution >= 0.6 is 0 Å². The van der Waals surface area contributed by atoms with Crippen molar-refractivity contribution in [2.75, 3.05) is 5.32 Å². The maximum Gasteiger partial charge on any atom is 0.235 e. The highest BCUT2D eigenvalue weighted by molar-refractivity contribution is 6.02. The summed E-state index contributed by atoms with van der Waals surface area (Å²) < 4.78 is 0. The number of rotatable bonds is 3. The van der Waals surface area contributed by atoms with Crippen molar-refractivity contribution in [3.8, 4) is 6.07 Å². The third-order valence-corrected chi connectivity index (χ3v) is 4.08. The molecule has 1 N–H and O–H groups in total. The summed E-state index contributed by atoms with van der Waals surface area (Å²) in [7, 11) is 0. The Hall–Kier alpha value is -2.60. The second-order valence-electron chi connectivity index (χ2n) is 5.56. The Kier molecular flexibility index (Phi) is 3.23. The SMILES string of the molecule is Cc1ccc(C2(C(=O)Nc3ccccc3C#N)CC2)cc1. The van der Waals surface area contributed by atoms with Crippen LogP contribution in [-0.2, 0) is 10.2 Å². The zero-order valence-corrected chi connectivity index (χ0v) is 11.9. The number of nitrogens with zero attached hydrogens (tertiary/aromatic N) is 1. The van der Waals surface area contributed by atoms with E-state index >= 15 is 0 Å². The number of nitrogens with one attached hydrogen (secondary N) is 1. The van der Waals surface area contributed by atoms with Gasteiger partial charge in [-0.1, -0.05) is 42.0 Å². The van der Waals surface area contributed by atoms with Crippen LogP contribution in [0.2, 0.25) is 0 Å². The molecule has 104 valence electrons. The molecule has 0 bridgehead atoms. The number of hydrogen-bond acceptors (Lipinski definition) is 2. The molecule has 0 heterocycles. The Balaban J connectivity index is 1.86. The first-order valence-electron chi connectivity index (χ1n) is 7.03. The van der Waals surface area contributed by atoms with Crippen molar-refractivity contribution >= 4 is 11.6 Å². The molecule has 0 spiro atoms. The summed E-state index contributed by atoms with van der Waals surface area (Å²) in [6, 6.07) is 17.3. The number of hydrogen-bond donors (Lipinski definition) is 1. The van der Waals surface area contributed by atoms with Gasteiger partial charge in [0.15, 0.2) is 0 Å². The number of carbonyl (C=O) groups excluding carboxylic acids is 1. The average molecular weight is 276 g/mol. The van der Waals surface area contributed by atoms with Gasteiger partial charge in [-0.05, 0) is 37.5 Å². The molecule has 0 atom stereocenters. The predicted molar refractivity (Wildman–Crippen MR) is 81.9 cm³/mol. The van der Waals surface area contributed by atoms with Crippen LogP contribution < -0.4 is 5.32 Å². The monoisotopic (exact) mass is 276 g/mol. The summed E-state index contributed by atoms with van der Waals surface area (Å²) in [6.45, 7) is 2.03. The van der Waals surface area contributed by atoms with Crippen molar-refractivity contribution < 1.29 is 4.79 Å². The predicted octanol–water partition coefficient (Wildman–Crippen LogP) is 3.54. The van der Waals surface area contributed by atoms with Crippen molar-refractivity contribution in [2.45, 2.75) is 25.2 Å². The van der Waals surface area contributed by atoms with E-state index in [9.17, 15) is 4.79 Å². The van der Waals surface area contributed by atoms with Gasteiger partial charge in [0.2, 0.25) is 5.91 Å². The largest absolute Gasteiger partial charge is 0.324 e. The number of aryl methyl sites for hydroxylation is 1. The van der Waals surface area contributed by atoms with E-state index < -0.39 is 5.41 Å². The fourth-order valence-electron chi connectivity index (χ4n) is 2.58. The second-order valence-corrected chi connectivity index (χ2v) is 5.56. The number of carbonyl (C=O) groups is 1. The van der Waals surface area contributed by atoms with Gasteiger partial charge in [-0.3, -0.25) is 4.79 Å². The van der Waals surface area contributed by atoms with Gasteiger partial charge >= 0.3 is 0 Å². The molecular weight excluding hydrogens is 260 g/mol. The van der Waals surface area contributed by atoms with Gasteiger partial charge in [-0.15, -0.1) is 0 Å². The van der Waals surface area contributed by atoms with E-state index in [-0.39, 0.29) is 5.91 Å². The standard InChI is InChI=1S/C18H16N2O/c1-13-6-8-15(9-7-13)18(10-11-18)17(21)20-16-5-3-2-4-14(16)12-19/h2-9H,10-11H2,1H3,(H,20,21). The Bertz CT molecular complexity index is 722. The minimum atomic E-state index is -0.420. The van der Waals surface area contributed by atoms with Crippen LogP contribution in [0.3, 0.4) is 0 Å². The van der Waals surface area contributed by atoms with E-state index in [1.54, 1.807) is 18.2 Å². The zero-order valence-electron chi connectivity index (χ0n) is 11.9. The van der Waals surface area contributed by atoms with Crippen LogP contribution in [-0.4, -0.2) is 5.91 Å². The maximum absolute atomic E-state index is 12.6. The van der Waals surface area contributed by atoms with Crippen molar-refractivity contribution in [1.29, 1.82) is 5.26 Å². The molecule has 1 aliphatic rings. The molecule has 3 rings (SSSR count). The van der Waals surface area contributed by atoms with Crippen molar-refractivity contribution in [3.63, 3.8) is 0 Å². The van der Waals surface area contributed by atoms with Gasteiger partial charge in [0.25, 0.3) is 0 Å². The highest BCUT2D eigenvalue weighted by atomic mass is 16.2. The van der Waals surface area contributed by atoms with E-state index in [0.29, 0.717) is 11.3 Å². The lowest BCUT2D eigenvalue weighted by Gasteiger charge is -2.16. The van der Waals surface area contributed by atoms with Crippen LogP contribution in [0, 0.1) is 18.3 Å². The lowest BCUT2D eigenvalue weighted by Crippen LogP contribution is -2.28. The molecule has 0 saturated heterocycles. The van der Waals surface area contributed by atoms with E-state index in [0.717, 1.165) is 18.4 Å². The van der Waals surface area contributed by atoms with Crippen LogP contribution in [0.25, 0.3) is 0 Å². The van der Waals surface area contributed by atoms with E-state index in [1.807, 2.05) is 37.3 Å². The zero-order chi connectivity index (χ0) is 14.9.